The van der Waals surface area contributed by atoms with Gasteiger partial charge >= 0.3 is 6.18 Å². The molecule has 0 radical (unpaired) electrons. The number of benzene rings is 2. The van der Waals surface area contributed by atoms with Gasteiger partial charge in [-0.05, 0) is 12.1 Å². The fraction of sp³-hybridized carbons (Fsp3) is 0.118. The predicted molar refractivity (Wildman–Crippen MR) is 83.6 cm³/mol. The van der Waals surface area contributed by atoms with Crippen molar-refractivity contribution >= 4 is 11.0 Å². The second-order valence-electron chi connectivity index (χ2n) is 5.39. The smallest absolute Gasteiger partial charge is 0.337 e. The zero-order chi connectivity index (χ0) is 17.4. The summed E-state index contributed by atoms with van der Waals surface area (Å²) < 4.78 is 46.1. The Morgan fingerprint density at radius 3 is 2.40 bits per heavy atom. The van der Waals surface area contributed by atoms with Crippen molar-refractivity contribution in [3.8, 4) is 11.4 Å². The Bertz CT molecular complexity index is 1020. The van der Waals surface area contributed by atoms with Gasteiger partial charge in [0.15, 0.2) is 0 Å². The minimum absolute atomic E-state index is 0.0764. The van der Waals surface area contributed by atoms with E-state index in [2.05, 4.69) is 15.1 Å². The maximum Gasteiger partial charge on any atom is 0.449 e. The molecule has 8 heteroatoms. The quantitative estimate of drug-likeness (QED) is 0.560. The second-order valence-corrected chi connectivity index (χ2v) is 5.39. The molecule has 5 nitrogen and oxygen atoms in total. The highest BCUT2D eigenvalue weighted by Crippen LogP contribution is 2.32. The predicted octanol–water partition coefficient (Wildman–Crippen LogP) is 4.15. The van der Waals surface area contributed by atoms with Crippen LogP contribution in [-0.2, 0) is 12.7 Å². The SMILES string of the molecule is FC(F)(F)c1nc2ccccc2n1Cc1nc(-c2ccccc2)no1. The summed E-state index contributed by atoms with van der Waals surface area (Å²) >= 11 is 0. The number of alkyl halides is 3. The van der Waals surface area contributed by atoms with Crippen molar-refractivity contribution in [1.82, 2.24) is 19.7 Å². The van der Waals surface area contributed by atoms with Crippen LogP contribution < -0.4 is 0 Å². The van der Waals surface area contributed by atoms with E-state index in [-0.39, 0.29) is 18.0 Å². The molecule has 0 N–H and O–H groups in total. The topological polar surface area (TPSA) is 56.7 Å². The Hall–Kier alpha value is -3.16. The monoisotopic (exact) mass is 344 g/mol. The summed E-state index contributed by atoms with van der Waals surface area (Å²) in [4.78, 5) is 7.88. The molecule has 0 fully saturated rings. The summed E-state index contributed by atoms with van der Waals surface area (Å²) in [5, 5.41) is 3.84. The lowest BCUT2D eigenvalue weighted by Crippen LogP contribution is -2.15. The summed E-state index contributed by atoms with van der Waals surface area (Å²) in [5.74, 6) is -0.589. The van der Waals surface area contributed by atoms with E-state index in [9.17, 15) is 13.2 Å². The molecular weight excluding hydrogens is 333 g/mol. The molecule has 0 bridgehead atoms. The van der Waals surface area contributed by atoms with Crippen LogP contribution in [0.2, 0.25) is 0 Å². The van der Waals surface area contributed by atoms with E-state index in [1.54, 1.807) is 30.3 Å². The number of nitrogens with zero attached hydrogens (tertiary/aromatic N) is 4. The van der Waals surface area contributed by atoms with Gasteiger partial charge in [-0.15, -0.1) is 0 Å². The summed E-state index contributed by atoms with van der Waals surface area (Å²) in [6.07, 6.45) is -4.58. The summed E-state index contributed by atoms with van der Waals surface area (Å²) in [5.41, 5.74) is 1.34. The van der Waals surface area contributed by atoms with Gasteiger partial charge in [0, 0.05) is 5.56 Å². The fourth-order valence-corrected chi connectivity index (χ4v) is 2.61. The lowest BCUT2D eigenvalue weighted by Gasteiger charge is -2.08. The average molecular weight is 344 g/mol. The van der Waals surface area contributed by atoms with Crippen molar-refractivity contribution < 1.29 is 17.7 Å². The Labute approximate surface area is 139 Å². The molecule has 126 valence electrons. The third kappa shape index (κ3) is 2.86. The van der Waals surface area contributed by atoms with Gasteiger partial charge in [-0.2, -0.15) is 18.2 Å². The summed E-state index contributed by atoms with van der Waals surface area (Å²) in [6, 6.07) is 15.5. The Morgan fingerprint density at radius 2 is 1.64 bits per heavy atom. The highest BCUT2D eigenvalue weighted by molar-refractivity contribution is 5.76. The minimum atomic E-state index is -4.58. The maximum atomic E-state index is 13.3. The molecular formula is C17H11F3N4O. The molecule has 0 aliphatic heterocycles. The average Bonchev–Trinajstić information content (AvgIpc) is 3.21. The Balaban J connectivity index is 1.75. The van der Waals surface area contributed by atoms with Crippen LogP contribution in [0, 0.1) is 0 Å². The van der Waals surface area contributed by atoms with E-state index in [4.69, 9.17) is 4.52 Å². The van der Waals surface area contributed by atoms with Gasteiger partial charge in [-0.1, -0.05) is 47.6 Å². The largest absolute Gasteiger partial charge is 0.449 e. The highest BCUT2D eigenvalue weighted by atomic mass is 19.4. The third-order valence-corrected chi connectivity index (χ3v) is 3.70. The third-order valence-electron chi connectivity index (χ3n) is 3.70. The zero-order valence-corrected chi connectivity index (χ0v) is 12.7. The lowest BCUT2D eigenvalue weighted by molar-refractivity contribution is -0.146. The zero-order valence-electron chi connectivity index (χ0n) is 12.7. The molecule has 2 aromatic heterocycles. The number of fused-ring (bicyclic) bond motifs is 1. The van der Waals surface area contributed by atoms with Crippen molar-refractivity contribution in [3.63, 3.8) is 0 Å². The van der Waals surface area contributed by atoms with Gasteiger partial charge in [0.25, 0.3) is 0 Å². The van der Waals surface area contributed by atoms with Crippen LogP contribution >= 0.6 is 0 Å². The molecule has 0 spiro atoms. The van der Waals surface area contributed by atoms with E-state index in [1.165, 1.54) is 6.07 Å². The van der Waals surface area contributed by atoms with Crippen LogP contribution in [-0.4, -0.2) is 19.7 Å². The molecule has 4 rings (SSSR count). The first-order chi connectivity index (χ1) is 12.0. The highest BCUT2D eigenvalue weighted by Gasteiger charge is 2.38. The Kier molecular flexibility index (Phi) is 3.52. The van der Waals surface area contributed by atoms with Crippen molar-refractivity contribution in [2.45, 2.75) is 12.7 Å². The molecule has 4 aromatic rings. The van der Waals surface area contributed by atoms with E-state index < -0.39 is 12.0 Å². The molecule has 2 heterocycles. The minimum Gasteiger partial charge on any atom is -0.337 e. The van der Waals surface area contributed by atoms with Crippen LogP contribution in [0.5, 0.6) is 0 Å². The fourth-order valence-electron chi connectivity index (χ4n) is 2.61. The van der Waals surface area contributed by atoms with Gasteiger partial charge < -0.3 is 9.09 Å². The van der Waals surface area contributed by atoms with Crippen LogP contribution in [0.4, 0.5) is 13.2 Å². The standard InChI is InChI=1S/C17H11F3N4O/c18-17(19,20)16-21-12-8-4-5-9-13(12)24(16)10-14-22-15(23-25-14)11-6-2-1-3-7-11/h1-9H,10H2. The van der Waals surface area contributed by atoms with Gasteiger partial charge in [-0.25, -0.2) is 4.98 Å². The van der Waals surface area contributed by atoms with E-state index in [0.29, 0.717) is 11.3 Å². The van der Waals surface area contributed by atoms with Crippen molar-refractivity contribution in [2.75, 3.05) is 0 Å². The summed E-state index contributed by atoms with van der Waals surface area (Å²) in [6.45, 7) is -0.213. The molecule has 0 saturated heterocycles. The van der Waals surface area contributed by atoms with E-state index in [1.807, 2.05) is 18.2 Å². The number of imidazole rings is 1. The van der Waals surface area contributed by atoms with E-state index in [0.717, 1.165) is 10.1 Å². The summed E-state index contributed by atoms with van der Waals surface area (Å²) in [7, 11) is 0. The van der Waals surface area contributed by atoms with Crippen molar-refractivity contribution in [1.29, 1.82) is 0 Å². The molecule has 0 unspecified atom stereocenters. The van der Waals surface area contributed by atoms with Gasteiger partial charge in [0.1, 0.15) is 6.54 Å². The molecule has 0 aliphatic rings. The molecule has 0 atom stereocenters. The number of halogens is 3. The number of rotatable bonds is 3. The van der Waals surface area contributed by atoms with Crippen LogP contribution in [0.25, 0.3) is 22.4 Å². The normalized spacial score (nSPS) is 12.0. The van der Waals surface area contributed by atoms with E-state index >= 15 is 0 Å². The first-order valence-corrected chi connectivity index (χ1v) is 7.43. The molecule has 25 heavy (non-hydrogen) atoms. The molecule has 2 aromatic carbocycles. The van der Waals surface area contributed by atoms with Gasteiger partial charge in [0.2, 0.25) is 17.5 Å². The van der Waals surface area contributed by atoms with Gasteiger partial charge in [-0.3, -0.25) is 0 Å². The van der Waals surface area contributed by atoms with Crippen LogP contribution in [0.1, 0.15) is 11.7 Å². The second kappa shape index (κ2) is 5.73. The number of aromatic nitrogens is 4. The molecule has 0 saturated carbocycles. The number of para-hydroxylation sites is 2. The number of hydrogen-bond donors (Lipinski definition) is 0. The van der Waals surface area contributed by atoms with Crippen LogP contribution in [0.3, 0.4) is 0 Å². The Morgan fingerprint density at radius 1 is 0.920 bits per heavy atom. The first-order valence-electron chi connectivity index (χ1n) is 7.43. The van der Waals surface area contributed by atoms with Crippen LogP contribution in [0.15, 0.2) is 59.1 Å². The van der Waals surface area contributed by atoms with Crippen molar-refractivity contribution in [3.05, 3.63) is 66.3 Å². The first kappa shape index (κ1) is 15.4. The molecule has 0 amide bonds. The van der Waals surface area contributed by atoms with Crippen molar-refractivity contribution in [2.24, 2.45) is 0 Å². The molecule has 0 aliphatic carbocycles. The lowest BCUT2D eigenvalue weighted by atomic mass is 10.2. The number of hydrogen-bond acceptors (Lipinski definition) is 4. The maximum absolute atomic E-state index is 13.3. The van der Waals surface area contributed by atoms with Gasteiger partial charge in [0.05, 0.1) is 11.0 Å².